The lowest BCUT2D eigenvalue weighted by Gasteiger charge is -2.38. The minimum absolute atomic E-state index is 0.443. The molecular weight excluding hydrogens is 276 g/mol. The van der Waals surface area contributed by atoms with E-state index in [9.17, 15) is 5.26 Å². The topological polar surface area (TPSA) is 27.0 Å². The van der Waals surface area contributed by atoms with E-state index in [1.54, 1.807) is 0 Å². The monoisotopic (exact) mass is 292 g/mol. The van der Waals surface area contributed by atoms with E-state index in [1.807, 2.05) is 18.2 Å². The second kappa shape index (κ2) is 4.70. The van der Waals surface area contributed by atoms with Gasteiger partial charge in [-0.25, -0.2) is 0 Å². The maximum atomic E-state index is 9.18. The first kappa shape index (κ1) is 12.4. The first-order valence-electron chi connectivity index (χ1n) is 5.96. The fourth-order valence-electron chi connectivity index (χ4n) is 2.23. The molecule has 0 atom stereocenters. The number of halogens is 1. The van der Waals surface area contributed by atoms with Gasteiger partial charge in [0.1, 0.15) is 6.07 Å². The van der Waals surface area contributed by atoms with Crippen LogP contribution in [0.5, 0.6) is 0 Å². The molecule has 0 bridgehead atoms. The van der Waals surface area contributed by atoms with Gasteiger partial charge in [0.25, 0.3) is 0 Å². The largest absolute Gasteiger partial charge is 0.370 e. The van der Waals surface area contributed by atoms with E-state index in [0.29, 0.717) is 5.41 Å². The number of nitrogens with zero attached hydrogens (tertiary/aromatic N) is 2. The van der Waals surface area contributed by atoms with Crippen molar-refractivity contribution in [2.45, 2.75) is 26.7 Å². The van der Waals surface area contributed by atoms with E-state index < -0.39 is 0 Å². The summed E-state index contributed by atoms with van der Waals surface area (Å²) in [6, 6.07) is 8.23. The predicted octanol–water partition coefficient (Wildman–Crippen LogP) is 3.95. The Balaban J connectivity index is 2.22. The van der Waals surface area contributed by atoms with Gasteiger partial charge in [-0.1, -0.05) is 29.8 Å². The van der Waals surface area contributed by atoms with Crippen molar-refractivity contribution < 1.29 is 0 Å². The average Bonchev–Trinajstić information content (AvgIpc) is 2.29. The smallest absolute Gasteiger partial charge is 0.101 e. The molecule has 0 N–H and O–H groups in total. The summed E-state index contributed by atoms with van der Waals surface area (Å²) in [5, 5.41) is 9.18. The summed E-state index contributed by atoms with van der Waals surface area (Å²) >= 11 is 3.41. The van der Waals surface area contributed by atoms with Crippen LogP contribution in [0.1, 0.15) is 32.3 Å². The number of rotatable bonds is 1. The number of anilines is 1. The molecule has 90 valence electrons. The van der Waals surface area contributed by atoms with Crippen LogP contribution in [0.3, 0.4) is 0 Å². The van der Waals surface area contributed by atoms with Crippen molar-refractivity contribution in [3.05, 3.63) is 28.2 Å². The lowest BCUT2D eigenvalue weighted by atomic mass is 9.82. The Kier molecular flexibility index (Phi) is 3.44. The van der Waals surface area contributed by atoms with Crippen molar-refractivity contribution in [2.75, 3.05) is 18.0 Å². The van der Waals surface area contributed by atoms with Crippen LogP contribution in [-0.4, -0.2) is 13.1 Å². The van der Waals surface area contributed by atoms with Crippen LogP contribution in [0.4, 0.5) is 5.69 Å². The van der Waals surface area contributed by atoms with Gasteiger partial charge in [-0.05, 0) is 36.5 Å². The van der Waals surface area contributed by atoms with Gasteiger partial charge in [0.15, 0.2) is 0 Å². The predicted molar refractivity (Wildman–Crippen MR) is 74.1 cm³/mol. The highest BCUT2D eigenvalue weighted by Crippen LogP contribution is 2.33. The van der Waals surface area contributed by atoms with Gasteiger partial charge in [0.2, 0.25) is 0 Å². The number of hydrogen-bond acceptors (Lipinski definition) is 2. The van der Waals surface area contributed by atoms with E-state index in [4.69, 9.17) is 0 Å². The summed E-state index contributed by atoms with van der Waals surface area (Å²) in [4.78, 5) is 2.33. The molecular formula is C14H17BrN2. The summed E-state index contributed by atoms with van der Waals surface area (Å²) in [5.74, 6) is 0. The SMILES string of the molecule is CC1(C)CCN(c2ccc(Br)cc2C#N)CC1. The van der Waals surface area contributed by atoms with E-state index >= 15 is 0 Å². The summed E-state index contributed by atoms with van der Waals surface area (Å²) < 4.78 is 0.968. The third-order valence-corrected chi connectivity index (χ3v) is 4.03. The molecule has 2 rings (SSSR count). The maximum absolute atomic E-state index is 9.18. The average molecular weight is 293 g/mol. The Morgan fingerprint density at radius 3 is 2.53 bits per heavy atom. The van der Waals surface area contributed by atoms with E-state index in [-0.39, 0.29) is 0 Å². The third kappa shape index (κ3) is 2.81. The van der Waals surface area contributed by atoms with Crippen LogP contribution in [0, 0.1) is 16.7 Å². The van der Waals surface area contributed by atoms with Crippen molar-refractivity contribution >= 4 is 21.6 Å². The fourth-order valence-corrected chi connectivity index (χ4v) is 2.59. The normalized spacial score (nSPS) is 18.8. The van der Waals surface area contributed by atoms with Crippen LogP contribution in [0.2, 0.25) is 0 Å². The zero-order valence-electron chi connectivity index (χ0n) is 10.3. The second-order valence-corrected chi connectivity index (χ2v) is 6.34. The Morgan fingerprint density at radius 1 is 1.29 bits per heavy atom. The molecule has 1 aliphatic heterocycles. The van der Waals surface area contributed by atoms with Gasteiger partial charge in [0.05, 0.1) is 11.3 Å². The molecule has 17 heavy (non-hydrogen) atoms. The van der Waals surface area contributed by atoms with Crippen LogP contribution in [0.15, 0.2) is 22.7 Å². The van der Waals surface area contributed by atoms with Gasteiger partial charge >= 0.3 is 0 Å². The zero-order chi connectivity index (χ0) is 12.5. The molecule has 0 aromatic heterocycles. The quantitative estimate of drug-likeness (QED) is 0.784. The van der Waals surface area contributed by atoms with Crippen molar-refractivity contribution in [3.8, 4) is 6.07 Å². The Labute approximate surface area is 111 Å². The number of benzene rings is 1. The molecule has 1 fully saturated rings. The van der Waals surface area contributed by atoms with Gasteiger partial charge in [0, 0.05) is 17.6 Å². The number of piperidine rings is 1. The van der Waals surface area contributed by atoms with Crippen LogP contribution in [0.25, 0.3) is 0 Å². The Morgan fingerprint density at radius 2 is 1.94 bits per heavy atom. The van der Waals surface area contributed by atoms with Crippen molar-refractivity contribution in [1.82, 2.24) is 0 Å². The lowest BCUT2D eigenvalue weighted by molar-refractivity contribution is 0.280. The lowest BCUT2D eigenvalue weighted by Crippen LogP contribution is -2.37. The fraction of sp³-hybridized carbons (Fsp3) is 0.500. The molecule has 0 unspecified atom stereocenters. The van der Waals surface area contributed by atoms with E-state index in [1.165, 1.54) is 12.8 Å². The minimum atomic E-state index is 0.443. The maximum Gasteiger partial charge on any atom is 0.101 e. The second-order valence-electron chi connectivity index (χ2n) is 5.42. The first-order valence-corrected chi connectivity index (χ1v) is 6.76. The first-order chi connectivity index (χ1) is 8.02. The summed E-state index contributed by atoms with van der Waals surface area (Å²) in [5.41, 5.74) is 2.28. The molecule has 1 aromatic rings. The highest BCUT2D eigenvalue weighted by molar-refractivity contribution is 9.10. The molecule has 0 spiro atoms. The minimum Gasteiger partial charge on any atom is -0.370 e. The molecule has 1 heterocycles. The molecule has 3 heteroatoms. The molecule has 0 aliphatic carbocycles. The summed E-state index contributed by atoms with van der Waals surface area (Å²) in [6.07, 6.45) is 2.38. The van der Waals surface area contributed by atoms with Crippen LogP contribution >= 0.6 is 15.9 Å². The molecule has 1 aliphatic rings. The van der Waals surface area contributed by atoms with Crippen LogP contribution in [-0.2, 0) is 0 Å². The van der Waals surface area contributed by atoms with E-state index in [2.05, 4.69) is 40.7 Å². The van der Waals surface area contributed by atoms with Gasteiger partial charge < -0.3 is 4.90 Å². The molecule has 0 amide bonds. The van der Waals surface area contributed by atoms with Crippen molar-refractivity contribution in [2.24, 2.45) is 5.41 Å². The number of nitriles is 1. The number of hydrogen-bond donors (Lipinski definition) is 0. The summed E-state index contributed by atoms with van der Waals surface area (Å²) in [6.45, 7) is 6.72. The van der Waals surface area contributed by atoms with Gasteiger partial charge in [-0.2, -0.15) is 5.26 Å². The molecule has 1 saturated heterocycles. The third-order valence-electron chi connectivity index (χ3n) is 3.54. The molecule has 0 radical (unpaired) electrons. The standard InChI is InChI=1S/C14H17BrN2/c1-14(2)5-7-17(8-6-14)13-4-3-12(15)9-11(13)10-16/h3-4,9H,5-8H2,1-2H3. The van der Waals surface area contributed by atoms with Crippen LogP contribution < -0.4 is 4.90 Å². The highest BCUT2D eigenvalue weighted by Gasteiger charge is 2.26. The zero-order valence-corrected chi connectivity index (χ0v) is 11.9. The van der Waals surface area contributed by atoms with Crippen molar-refractivity contribution in [1.29, 1.82) is 5.26 Å². The van der Waals surface area contributed by atoms with Crippen molar-refractivity contribution in [3.63, 3.8) is 0 Å². The van der Waals surface area contributed by atoms with E-state index in [0.717, 1.165) is 28.8 Å². The summed E-state index contributed by atoms with van der Waals surface area (Å²) in [7, 11) is 0. The van der Waals surface area contributed by atoms with Gasteiger partial charge in [-0.15, -0.1) is 0 Å². The molecule has 1 aromatic carbocycles. The molecule has 2 nitrogen and oxygen atoms in total. The highest BCUT2D eigenvalue weighted by atomic mass is 79.9. The Bertz CT molecular complexity index is 450. The Hall–Kier alpha value is -1.01. The molecule has 0 saturated carbocycles. The van der Waals surface area contributed by atoms with Gasteiger partial charge in [-0.3, -0.25) is 0 Å².